The Morgan fingerprint density at radius 3 is 2.75 bits per heavy atom. The first kappa shape index (κ1) is 18.9. The molecule has 0 saturated carbocycles. The Bertz CT molecular complexity index is 1010. The summed E-state index contributed by atoms with van der Waals surface area (Å²) in [5.41, 5.74) is 6.66. The molecule has 1 saturated heterocycles. The molecular formula is C19H19F2N5OS. The standard InChI is InChI=1S/C19H19F2N5OS/c20-14-2-4-16(25-28-26-7-5-13(27)6-8-26)18(21)17(14)11-1-3-15-12(9-11)10-23-19(22)24-15/h1-4,9-10,13,25,27H,5-8H2,(H2,22,23,24). The van der Waals surface area contributed by atoms with E-state index in [1.165, 1.54) is 30.5 Å². The largest absolute Gasteiger partial charge is 0.393 e. The number of halogens is 2. The van der Waals surface area contributed by atoms with Gasteiger partial charge < -0.3 is 15.6 Å². The van der Waals surface area contributed by atoms with E-state index in [4.69, 9.17) is 5.73 Å². The molecule has 9 heteroatoms. The minimum absolute atomic E-state index is 0.113. The monoisotopic (exact) mass is 403 g/mol. The highest BCUT2D eigenvalue weighted by molar-refractivity contribution is 7.98. The zero-order chi connectivity index (χ0) is 19.7. The van der Waals surface area contributed by atoms with Crippen LogP contribution >= 0.6 is 12.1 Å². The fourth-order valence-electron chi connectivity index (χ4n) is 3.15. The molecule has 0 bridgehead atoms. The second-order valence-corrected chi connectivity index (χ2v) is 7.54. The second-order valence-electron chi connectivity index (χ2n) is 6.64. The molecule has 4 N–H and O–H groups in total. The van der Waals surface area contributed by atoms with Gasteiger partial charge >= 0.3 is 0 Å². The molecule has 1 aliphatic rings. The number of nitrogens with one attached hydrogen (secondary N) is 1. The predicted molar refractivity (Wildman–Crippen MR) is 107 cm³/mol. The van der Waals surface area contributed by atoms with E-state index in [1.54, 1.807) is 18.2 Å². The number of rotatable bonds is 4. The lowest BCUT2D eigenvalue weighted by Crippen LogP contribution is -2.32. The number of hydrogen-bond acceptors (Lipinski definition) is 7. The normalized spacial score (nSPS) is 15.8. The van der Waals surface area contributed by atoms with Gasteiger partial charge in [0.2, 0.25) is 5.95 Å². The molecular weight excluding hydrogens is 384 g/mol. The number of anilines is 2. The van der Waals surface area contributed by atoms with E-state index in [1.807, 2.05) is 4.31 Å². The molecule has 0 unspecified atom stereocenters. The van der Waals surface area contributed by atoms with Crippen molar-refractivity contribution in [2.24, 2.45) is 0 Å². The van der Waals surface area contributed by atoms with Crippen LogP contribution < -0.4 is 10.5 Å². The van der Waals surface area contributed by atoms with Crippen molar-refractivity contribution in [2.45, 2.75) is 18.9 Å². The van der Waals surface area contributed by atoms with Gasteiger partial charge in [0.1, 0.15) is 5.82 Å². The van der Waals surface area contributed by atoms with Crippen molar-refractivity contribution >= 4 is 34.7 Å². The Balaban J connectivity index is 1.60. The summed E-state index contributed by atoms with van der Waals surface area (Å²) in [7, 11) is 0. The molecule has 2 heterocycles. The van der Waals surface area contributed by atoms with Crippen LogP contribution in [0.4, 0.5) is 20.4 Å². The minimum atomic E-state index is -0.666. The van der Waals surface area contributed by atoms with Crippen LogP contribution in [0.1, 0.15) is 12.8 Å². The number of nitrogen functional groups attached to an aromatic ring is 1. The van der Waals surface area contributed by atoms with Crippen molar-refractivity contribution in [3.8, 4) is 11.1 Å². The third-order valence-corrected chi connectivity index (χ3v) is 5.62. The topological polar surface area (TPSA) is 87.3 Å². The molecule has 1 fully saturated rings. The number of piperidine rings is 1. The van der Waals surface area contributed by atoms with Gasteiger partial charge in [-0.15, -0.1) is 0 Å². The van der Waals surface area contributed by atoms with Crippen molar-refractivity contribution in [2.75, 3.05) is 23.5 Å². The van der Waals surface area contributed by atoms with Crippen molar-refractivity contribution in [1.82, 2.24) is 14.3 Å². The summed E-state index contributed by atoms with van der Waals surface area (Å²) in [6, 6.07) is 7.53. The van der Waals surface area contributed by atoms with E-state index >= 15 is 4.39 Å². The van der Waals surface area contributed by atoms with Gasteiger partial charge in [0.25, 0.3) is 0 Å². The Morgan fingerprint density at radius 2 is 1.96 bits per heavy atom. The van der Waals surface area contributed by atoms with Crippen LogP contribution in [0.15, 0.2) is 36.5 Å². The summed E-state index contributed by atoms with van der Waals surface area (Å²) in [6.07, 6.45) is 2.60. The SMILES string of the molecule is Nc1ncc2cc(-c3c(F)ccc(NSN4CCC(O)CC4)c3F)ccc2n1. The van der Waals surface area contributed by atoms with Crippen LogP contribution in [-0.2, 0) is 0 Å². The molecule has 0 radical (unpaired) electrons. The zero-order valence-corrected chi connectivity index (χ0v) is 15.7. The van der Waals surface area contributed by atoms with E-state index in [2.05, 4.69) is 14.7 Å². The van der Waals surface area contributed by atoms with Crippen molar-refractivity contribution < 1.29 is 13.9 Å². The zero-order valence-electron chi connectivity index (χ0n) is 14.9. The molecule has 1 aliphatic heterocycles. The molecule has 0 atom stereocenters. The predicted octanol–water partition coefficient (Wildman–Crippen LogP) is 3.59. The van der Waals surface area contributed by atoms with Gasteiger partial charge in [-0.2, -0.15) is 0 Å². The molecule has 1 aromatic heterocycles. The van der Waals surface area contributed by atoms with Gasteiger partial charge in [-0.25, -0.2) is 23.1 Å². The summed E-state index contributed by atoms with van der Waals surface area (Å²) >= 11 is 1.26. The van der Waals surface area contributed by atoms with Gasteiger partial charge in [0.15, 0.2) is 5.82 Å². The smallest absolute Gasteiger partial charge is 0.220 e. The summed E-state index contributed by atoms with van der Waals surface area (Å²) in [4.78, 5) is 8.03. The fraction of sp³-hybridized carbons (Fsp3) is 0.263. The molecule has 28 heavy (non-hydrogen) atoms. The number of aliphatic hydroxyl groups excluding tert-OH is 1. The summed E-state index contributed by atoms with van der Waals surface area (Å²) in [6.45, 7) is 1.39. The van der Waals surface area contributed by atoms with Gasteiger partial charge in [0, 0.05) is 36.8 Å². The lowest BCUT2D eigenvalue weighted by atomic mass is 10.0. The van der Waals surface area contributed by atoms with E-state index in [-0.39, 0.29) is 23.3 Å². The summed E-state index contributed by atoms with van der Waals surface area (Å²) in [5, 5.41) is 10.2. The van der Waals surface area contributed by atoms with Gasteiger partial charge in [-0.1, -0.05) is 6.07 Å². The molecule has 3 aromatic rings. The quantitative estimate of drug-likeness (QED) is 0.574. The van der Waals surface area contributed by atoms with Crippen LogP contribution in [0.2, 0.25) is 0 Å². The molecule has 4 rings (SSSR count). The molecule has 0 spiro atoms. The van der Waals surface area contributed by atoms with Crippen molar-refractivity contribution in [3.63, 3.8) is 0 Å². The Morgan fingerprint density at radius 1 is 1.18 bits per heavy atom. The number of fused-ring (bicyclic) bond motifs is 1. The number of aromatic nitrogens is 2. The maximum atomic E-state index is 15.1. The highest BCUT2D eigenvalue weighted by Crippen LogP contribution is 2.33. The molecule has 0 aliphatic carbocycles. The maximum absolute atomic E-state index is 15.1. The molecule has 0 amide bonds. The first-order chi connectivity index (χ1) is 13.5. The maximum Gasteiger partial charge on any atom is 0.220 e. The average Bonchev–Trinajstić information content (AvgIpc) is 2.69. The van der Waals surface area contributed by atoms with E-state index in [0.717, 1.165) is 0 Å². The van der Waals surface area contributed by atoms with Crippen LogP contribution in [0.3, 0.4) is 0 Å². The number of hydrogen-bond donors (Lipinski definition) is 3. The summed E-state index contributed by atoms with van der Waals surface area (Å²) in [5.74, 6) is -1.17. The molecule has 2 aromatic carbocycles. The fourth-order valence-corrected chi connectivity index (χ4v) is 3.92. The van der Waals surface area contributed by atoms with Crippen molar-refractivity contribution in [1.29, 1.82) is 0 Å². The van der Waals surface area contributed by atoms with Gasteiger partial charge in [-0.05, 0) is 42.7 Å². The number of benzene rings is 2. The lowest BCUT2D eigenvalue weighted by molar-refractivity contribution is 0.116. The first-order valence-electron chi connectivity index (χ1n) is 8.88. The van der Waals surface area contributed by atoms with Gasteiger partial charge in [-0.3, -0.25) is 0 Å². The van der Waals surface area contributed by atoms with Crippen LogP contribution in [0.5, 0.6) is 0 Å². The lowest BCUT2D eigenvalue weighted by Gasteiger charge is -2.28. The third-order valence-electron chi connectivity index (χ3n) is 4.69. The molecule has 6 nitrogen and oxygen atoms in total. The number of aliphatic hydroxyl groups is 1. The average molecular weight is 403 g/mol. The van der Waals surface area contributed by atoms with Gasteiger partial charge in [0.05, 0.1) is 22.9 Å². The van der Waals surface area contributed by atoms with E-state index < -0.39 is 11.6 Å². The van der Waals surface area contributed by atoms with Crippen molar-refractivity contribution in [3.05, 3.63) is 48.2 Å². The Kier molecular flexibility index (Phi) is 5.29. The second kappa shape index (κ2) is 7.86. The first-order valence-corrected chi connectivity index (χ1v) is 9.65. The Hall–Kier alpha value is -2.49. The Labute approximate surface area is 165 Å². The number of nitrogens with two attached hydrogens (primary N) is 1. The number of nitrogens with zero attached hydrogens (tertiary/aromatic N) is 3. The minimum Gasteiger partial charge on any atom is -0.393 e. The third kappa shape index (κ3) is 3.87. The van der Waals surface area contributed by atoms with E-state index in [0.29, 0.717) is 42.4 Å². The van der Waals surface area contributed by atoms with E-state index in [9.17, 15) is 9.50 Å². The highest BCUT2D eigenvalue weighted by Gasteiger charge is 2.20. The highest BCUT2D eigenvalue weighted by atomic mass is 32.2. The van der Waals surface area contributed by atoms with Crippen LogP contribution in [0.25, 0.3) is 22.0 Å². The molecule has 146 valence electrons. The summed E-state index contributed by atoms with van der Waals surface area (Å²) < 4.78 is 34.5. The van der Waals surface area contributed by atoms with Crippen LogP contribution in [0, 0.1) is 11.6 Å². The van der Waals surface area contributed by atoms with Crippen LogP contribution in [-0.4, -0.2) is 38.6 Å².